The van der Waals surface area contributed by atoms with Crippen LogP contribution in [-0.2, 0) is 16.1 Å². The number of rotatable bonds is 6. The van der Waals surface area contributed by atoms with Crippen molar-refractivity contribution < 1.29 is 33.1 Å². The van der Waals surface area contributed by atoms with Crippen molar-refractivity contribution in [3.8, 4) is 17.6 Å². The Labute approximate surface area is 343 Å². The van der Waals surface area contributed by atoms with Crippen LogP contribution in [0.4, 0.5) is 15.8 Å². The number of ether oxygens (including phenoxy) is 1. The number of hydrogen-bond acceptors (Lipinski definition) is 8. The molecule has 13 nitrogen and oxygen atoms in total. The molecule has 1 aliphatic carbocycles. The number of aromatic nitrogens is 2. The molecule has 1 aromatic heterocycles. The number of carbonyl (C=O) groups excluding carboxylic acids is 5. The molecule has 3 fully saturated rings. The highest BCUT2D eigenvalue weighted by Crippen LogP contribution is 2.59. The number of amides is 5. The Morgan fingerprint density at radius 3 is 2.32 bits per heavy atom. The van der Waals surface area contributed by atoms with Gasteiger partial charge in [0.05, 0.1) is 46.2 Å². The smallest absolute Gasteiger partial charge is 0.262 e. The Morgan fingerprint density at radius 1 is 0.915 bits per heavy atom. The molecule has 1 unspecified atom stereocenters. The number of nitrogens with zero attached hydrogens (tertiary/aromatic N) is 6. The second-order valence-corrected chi connectivity index (χ2v) is 17.3. The minimum atomic E-state index is -1.13. The summed E-state index contributed by atoms with van der Waals surface area (Å²) in [6.07, 6.45) is 3.27. The fourth-order valence-electron chi connectivity index (χ4n) is 9.92. The molecule has 1 N–H and O–H groups in total. The van der Waals surface area contributed by atoms with E-state index in [9.17, 15) is 24.0 Å². The first-order valence-electron chi connectivity index (χ1n) is 19.2. The predicted octanol–water partition coefficient (Wildman–Crippen LogP) is 5.93. The second kappa shape index (κ2) is 13.5. The van der Waals surface area contributed by atoms with Gasteiger partial charge in [0.25, 0.3) is 17.7 Å². The van der Waals surface area contributed by atoms with Crippen LogP contribution in [0.1, 0.15) is 94.3 Å². The quantitative estimate of drug-likeness (QED) is 0.144. The average molecular weight is 814 g/mol. The van der Waals surface area contributed by atoms with E-state index in [-0.39, 0.29) is 64.6 Å². The van der Waals surface area contributed by atoms with Crippen LogP contribution >= 0.6 is 11.6 Å². The van der Waals surface area contributed by atoms with Gasteiger partial charge < -0.3 is 14.5 Å². The lowest BCUT2D eigenvalue weighted by atomic mass is 9.49. The molecule has 4 aromatic rings. The zero-order valence-corrected chi connectivity index (χ0v) is 33.3. The van der Waals surface area contributed by atoms with Gasteiger partial charge in [-0.15, -0.1) is 0 Å². The molecular weight excluding hydrogens is 777 g/mol. The van der Waals surface area contributed by atoms with Crippen LogP contribution in [0.25, 0.3) is 4.85 Å². The van der Waals surface area contributed by atoms with Crippen molar-refractivity contribution in [3.05, 3.63) is 117 Å². The van der Waals surface area contributed by atoms with Crippen molar-refractivity contribution in [2.24, 2.45) is 10.8 Å². The van der Waals surface area contributed by atoms with Crippen molar-refractivity contribution in [3.63, 3.8) is 0 Å². The Bertz CT molecular complexity index is 2650. The lowest BCUT2D eigenvalue weighted by molar-refractivity contribution is -0.199. The molecule has 298 valence electrons. The molecule has 15 heteroatoms. The van der Waals surface area contributed by atoms with Crippen LogP contribution < -0.4 is 15.0 Å². The summed E-state index contributed by atoms with van der Waals surface area (Å²) in [6.45, 7) is 16.9. The first-order valence-corrected chi connectivity index (χ1v) is 19.6. The van der Waals surface area contributed by atoms with E-state index in [2.05, 4.69) is 54.8 Å². The molecule has 0 spiro atoms. The largest absolute Gasteiger partial charge is 0.489 e. The van der Waals surface area contributed by atoms with Crippen LogP contribution in [-0.4, -0.2) is 80.4 Å². The number of halogens is 2. The van der Waals surface area contributed by atoms with Crippen molar-refractivity contribution in [2.75, 3.05) is 18.0 Å². The first-order chi connectivity index (χ1) is 28.1. The van der Waals surface area contributed by atoms with Crippen LogP contribution in [0.15, 0.2) is 60.9 Å². The summed E-state index contributed by atoms with van der Waals surface area (Å²) in [5.74, 6) is 3.60. The summed E-state index contributed by atoms with van der Waals surface area (Å²) >= 11 is 6.28. The third kappa shape index (κ3) is 6.04. The summed E-state index contributed by atoms with van der Waals surface area (Å²) in [7, 11) is 0. The summed E-state index contributed by atoms with van der Waals surface area (Å²) in [5, 5.41) is 6.98. The molecule has 0 bridgehead atoms. The van der Waals surface area contributed by atoms with Crippen molar-refractivity contribution in [1.82, 2.24) is 24.9 Å². The monoisotopic (exact) mass is 813 g/mol. The maximum absolute atomic E-state index is 15.4. The fraction of sp³-hybridized carbons (Fsp3) is 0.341. The highest BCUT2D eigenvalue weighted by molar-refractivity contribution is 6.33. The minimum absolute atomic E-state index is 0.00788. The van der Waals surface area contributed by atoms with Crippen molar-refractivity contribution in [1.29, 1.82) is 0 Å². The highest BCUT2D eigenvalue weighted by Gasteiger charge is 2.67. The summed E-state index contributed by atoms with van der Waals surface area (Å²) in [5.41, 5.74) is 2.65. The van der Waals surface area contributed by atoms with Gasteiger partial charge in [0.1, 0.15) is 23.7 Å². The molecule has 5 heterocycles. The molecule has 4 aliphatic heterocycles. The number of hydrogen-bond donors (Lipinski definition) is 1. The lowest BCUT2D eigenvalue weighted by Crippen LogP contribution is -2.74. The zero-order chi connectivity index (χ0) is 41.7. The summed E-state index contributed by atoms with van der Waals surface area (Å²) in [6, 6.07) is 11.7. The van der Waals surface area contributed by atoms with Crippen LogP contribution in [0.5, 0.6) is 5.75 Å². The maximum atomic E-state index is 15.4. The van der Waals surface area contributed by atoms with E-state index in [1.54, 1.807) is 34.0 Å². The molecule has 2 saturated heterocycles. The maximum Gasteiger partial charge on any atom is 0.262 e. The summed E-state index contributed by atoms with van der Waals surface area (Å²) in [4.78, 5) is 72.1. The zero-order valence-electron chi connectivity index (χ0n) is 32.5. The van der Waals surface area contributed by atoms with Crippen LogP contribution in [0.3, 0.4) is 0 Å². The molecule has 0 radical (unpaired) electrons. The van der Waals surface area contributed by atoms with Crippen LogP contribution in [0, 0.1) is 35.1 Å². The third-order valence-corrected chi connectivity index (χ3v) is 12.6. The molecule has 1 saturated carbocycles. The van der Waals surface area contributed by atoms with Gasteiger partial charge in [-0.1, -0.05) is 57.2 Å². The summed E-state index contributed by atoms with van der Waals surface area (Å²) < 4.78 is 23.6. The lowest BCUT2D eigenvalue weighted by Gasteiger charge is -2.65. The SMILES string of the molecule is [C-]#[N+]c1ccc(OC2C(C)(C)C(N3Cc4cc(C#Cc5cnn(C6CN(c7cc8c(cc7F)C(=O)N(C7CCC(=O)NC7=O)C8=O)C6)c5)ccc4C3=O)C2(C)C)cc1Cl. The van der Waals surface area contributed by atoms with Crippen molar-refractivity contribution >= 4 is 52.5 Å². The van der Waals surface area contributed by atoms with Crippen molar-refractivity contribution in [2.45, 2.75) is 71.3 Å². The van der Waals surface area contributed by atoms with E-state index >= 15 is 4.39 Å². The molecule has 5 amide bonds. The van der Waals surface area contributed by atoms with E-state index in [1.807, 2.05) is 29.3 Å². The number of imide groups is 2. The molecular formula is C44H37ClFN7O6. The number of carbonyl (C=O) groups is 5. The van der Waals surface area contributed by atoms with Gasteiger partial charge in [0, 0.05) is 60.3 Å². The molecule has 9 rings (SSSR count). The van der Waals surface area contributed by atoms with Gasteiger partial charge in [-0.25, -0.2) is 9.24 Å². The first kappa shape index (κ1) is 38.0. The van der Waals surface area contributed by atoms with E-state index in [4.69, 9.17) is 22.9 Å². The number of fused-ring (bicyclic) bond motifs is 2. The average Bonchev–Trinajstić information content (AvgIpc) is 3.83. The Hall–Kier alpha value is -6.51. The van der Waals surface area contributed by atoms with Gasteiger partial charge in [-0.2, -0.15) is 5.10 Å². The highest BCUT2D eigenvalue weighted by atomic mass is 35.5. The Kier molecular flexibility index (Phi) is 8.72. The third-order valence-electron chi connectivity index (χ3n) is 12.3. The number of piperidine rings is 1. The van der Waals surface area contributed by atoms with Gasteiger partial charge in [-0.3, -0.25) is 38.9 Å². The number of anilines is 1. The minimum Gasteiger partial charge on any atom is -0.489 e. The van der Waals surface area contributed by atoms with E-state index in [1.165, 1.54) is 6.07 Å². The second-order valence-electron chi connectivity index (χ2n) is 16.9. The van der Waals surface area contributed by atoms with Gasteiger partial charge in [-0.05, 0) is 54.4 Å². The molecule has 5 aliphatic rings. The standard InChI is InChI=1S/C44H37ClFN7O6/c1-43(2)41(44(3,4)42(43)59-27-9-11-33(47-5)31(45)15-27)51-20-25-14-23(8-10-28(25)38(51)56)6-7-24-18-48-52(19-24)26-21-50(22-26)35-17-30-29(16-32(35)46)39(57)53(40(30)58)34-12-13-36(54)49-37(34)55/h8-11,14-19,26,34,41-42H,12-13,20-22H2,1-4H3,(H,49,54,55). The molecule has 1 atom stereocenters. The number of benzene rings is 3. The van der Waals surface area contributed by atoms with Gasteiger partial charge >= 0.3 is 0 Å². The van der Waals surface area contributed by atoms with E-state index < -0.39 is 35.5 Å². The fourth-order valence-corrected chi connectivity index (χ4v) is 10.1. The van der Waals surface area contributed by atoms with E-state index in [0.29, 0.717) is 47.2 Å². The Morgan fingerprint density at radius 2 is 1.63 bits per heavy atom. The topological polar surface area (TPSA) is 139 Å². The Balaban J connectivity index is 0.839. The van der Waals surface area contributed by atoms with Gasteiger partial charge in [0.15, 0.2) is 0 Å². The normalized spacial score (nSPS) is 22.8. The number of nitrogens with one attached hydrogen (secondary N) is 1. The van der Waals surface area contributed by atoms with Gasteiger partial charge in [0.2, 0.25) is 17.5 Å². The molecule has 3 aromatic carbocycles. The molecule has 59 heavy (non-hydrogen) atoms. The predicted molar refractivity (Wildman–Crippen MR) is 212 cm³/mol. The van der Waals surface area contributed by atoms with Crippen LogP contribution in [0.2, 0.25) is 5.02 Å². The van der Waals surface area contributed by atoms with E-state index in [0.717, 1.165) is 22.1 Å².